The van der Waals surface area contributed by atoms with Gasteiger partial charge in [-0.2, -0.15) is 0 Å². The Morgan fingerprint density at radius 3 is 0.833 bits per heavy atom. The summed E-state index contributed by atoms with van der Waals surface area (Å²) >= 11 is 0. The van der Waals surface area contributed by atoms with E-state index in [1.54, 1.807) is 0 Å². The molecular weight excluding hydrogens is 610 g/mol. The molecule has 276 valence electrons. The smallest absolute Gasteiger partial charge is 0.324 e. The van der Waals surface area contributed by atoms with Gasteiger partial charge < -0.3 is 33.1 Å². The maximum atomic E-state index is 14.7. The number of nitrogens with two attached hydrogens (primary N) is 4. The molecule has 1 amide bonds. The molecule has 0 radical (unpaired) electrons. The first-order valence-electron chi connectivity index (χ1n) is 17.8. The van der Waals surface area contributed by atoms with Gasteiger partial charge in [0.15, 0.2) is 0 Å². The number of hydrogen-bond donors (Lipinski definition) is 6. The topological polar surface area (TPSA) is 205 Å². The van der Waals surface area contributed by atoms with Gasteiger partial charge in [-0.15, -0.1) is 0 Å². The minimum atomic E-state index is -1.84. The zero-order valence-corrected chi connectivity index (χ0v) is 31.9. The zero-order chi connectivity index (χ0) is 37.1. The molecule has 0 bridgehead atoms. The van der Waals surface area contributed by atoms with E-state index in [0.717, 1.165) is 0 Å². The fourth-order valence-electron chi connectivity index (χ4n) is 13.4. The molecule has 3 heterocycles. The fraction of sp³-hybridized carbons (Fsp3) is 0.917. The van der Waals surface area contributed by atoms with Crippen LogP contribution in [0.5, 0.6) is 0 Å². The van der Waals surface area contributed by atoms with E-state index in [-0.39, 0.29) is 37.4 Å². The molecule has 48 heavy (non-hydrogen) atoms. The Kier molecular flexibility index (Phi) is 9.20. The Morgan fingerprint density at radius 1 is 0.458 bits per heavy atom. The molecule has 0 spiro atoms. The van der Waals surface area contributed by atoms with Crippen LogP contribution in [0.1, 0.15) is 141 Å². The molecule has 2 atom stereocenters. The number of carbonyl (C=O) groups excluding carboxylic acids is 1. The first kappa shape index (κ1) is 39.0. The number of piperidine rings is 3. The summed E-state index contributed by atoms with van der Waals surface area (Å²) in [6.45, 7) is 24.0. The van der Waals surface area contributed by atoms with Crippen LogP contribution < -0.4 is 22.9 Å². The number of primary amides is 1. The van der Waals surface area contributed by atoms with Crippen LogP contribution >= 0.6 is 0 Å². The maximum absolute atomic E-state index is 14.7. The average molecular weight is 678 g/mol. The van der Waals surface area contributed by atoms with E-state index in [4.69, 9.17) is 22.9 Å². The quantitative estimate of drug-likeness (QED) is 0.241. The fourth-order valence-corrected chi connectivity index (χ4v) is 13.4. The Balaban J connectivity index is 2.21. The summed E-state index contributed by atoms with van der Waals surface area (Å²) in [6.07, 6.45) is 2.43. The van der Waals surface area contributed by atoms with Gasteiger partial charge in [0.25, 0.3) is 0 Å². The highest BCUT2D eigenvalue weighted by Gasteiger charge is 2.75. The standard InChI is InChI=1S/C36H67N7O5/c1-28(2)13-22(37)14-29(3,4)41(28)34(25(40)44)19-35(26(45)46,42-30(5,6)15-23(38)16-31(42,7)8)21-36(20-34,27(47)48)43-32(9,10)17-24(39)18-33(43,11)12/h22-24H,13-21,37-39H2,1-12H3,(H2,40,44)(H,45,46)(H,47,48). The number of likely N-dealkylation sites (tertiary alicyclic amines) is 3. The van der Waals surface area contributed by atoms with Crippen LogP contribution in [0.15, 0.2) is 0 Å². The van der Waals surface area contributed by atoms with Crippen molar-refractivity contribution in [3.63, 3.8) is 0 Å². The second-order valence-corrected chi connectivity index (χ2v) is 20.0. The first-order valence-corrected chi connectivity index (χ1v) is 17.8. The largest absolute Gasteiger partial charge is 0.480 e. The van der Waals surface area contributed by atoms with E-state index in [9.17, 15) is 24.6 Å². The SMILES string of the molecule is CC1(C)CC(N)CC(C)(C)N1C1(C(N)=O)CC(C(=O)O)(N2C(C)(C)CC(N)CC2(C)C)CC(C(=O)O)(N2C(C)(C)CC(N)CC2(C)C)C1. The van der Waals surface area contributed by atoms with Gasteiger partial charge in [0.05, 0.1) is 0 Å². The van der Waals surface area contributed by atoms with Crippen molar-refractivity contribution in [3.8, 4) is 0 Å². The average Bonchev–Trinajstić information content (AvgIpc) is 2.77. The lowest BCUT2D eigenvalue weighted by molar-refractivity contribution is -0.237. The van der Waals surface area contributed by atoms with Crippen molar-refractivity contribution in [1.82, 2.24) is 14.7 Å². The molecule has 3 saturated heterocycles. The molecular formula is C36H67N7O5. The number of carboxylic acids is 2. The van der Waals surface area contributed by atoms with Crippen LogP contribution in [-0.4, -0.2) is 111 Å². The lowest BCUT2D eigenvalue weighted by atomic mass is 9.54. The Morgan fingerprint density at radius 2 is 0.646 bits per heavy atom. The summed E-state index contributed by atoms with van der Waals surface area (Å²) in [7, 11) is 0. The molecule has 1 saturated carbocycles. The van der Waals surface area contributed by atoms with Crippen molar-refractivity contribution < 1.29 is 24.6 Å². The number of hydrogen-bond acceptors (Lipinski definition) is 9. The molecule has 10 N–H and O–H groups in total. The third-order valence-corrected chi connectivity index (χ3v) is 12.5. The number of rotatable bonds is 6. The van der Waals surface area contributed by atoms with Gasteiger partial charge in [0.2, 0.25) is 5.91 Å². The zero-order valence-electron chi connectivity index (χ0n) is 31.9. The van der Waals surface area contributed by atoms with Crippen molar-refractivity contribution in [2.24, 2.45) is 22.9 Å². The van der Waals surface area contributed by atoms with Crippen LogP contribution in [0.25, 0.3) is 0 Å². The molecule has 1 aliphatic carbocycles. The van der Waals surface area contributed by atoms with Gasteiger partial charge in [-0.1, -0.05) is 0 Å². The van der Waals surface area contributed by atoms with Crippen molar-refractivity contribution in [2.75, 3.05) is 0 Å². The summed E-state index contributed by atoms with van der Waals surface area (Å²) in [5.41, 5.74) is 16.6. The van der Waals surface area contributed by atoms with Gasteiger partial charge in [-0.3, -0.25) is 29.1 Å². The molecule has 0 aromatic heterocycles. The highest BCUT2D eigenvalue weighted by atomic mass is 16.4. The number of carboxylic acid groups (broad SMARTS) is 2. The predicted octanol–water partition coefficient (Wildman–Crippen LogP) is 2.98. The van der Waals surface area contributed by atoms with Crippen molar-refractivity contribution >= 4 is 17.8 Å². The summed E-state index contributed by atoms with van der Waals surface area (Å²) in [4.78, 5) is 49.7. The maximum Gasteiger partial charge on any atom is 0.324 e. The van der Waals surface area contributed by atoms with Crippen molar-refractivity contribution in [3.05, 3.63) is 0 Å². The molecule has 0 aromatic rings. The Labute approximate surface area is 288 Å². The third kappa shape index (κ3) is 5.89. The van der Waals surface area contributed by atoms with Gasteiger partial charge >= 0.3 is 11.9 Å². The van der Waals surface area contributed by atoms with Gasteiger partial charge in [-0.05, 0) is 122 Å². The molecule has 12 heteroatoms. The summed E-state index contributed by atoms with van der Waals surface area (Å²) < 4.78 is 0. The molecule has 4 fully saturated rings. The third-order valence-electron chi connectivity index (χ3n) is 12.5. The molecule has 3 aliphatic heterocycles. The van der Waals surface area contributed by atoms with Crippen LogP contribution in [0.2, 0.25) is 0 Å². The highest BCUT2D eigenvalue weighted by Crippen LogP contribution is 2.61. The van der Waals surface area contributed by atoms with Crippen molar-refractivity contribution in [2.45, 2.75) is 209 Å². The normalized spacial score (nSPS) is 37.6. The number of aliphatic carboxylic acids is 2. The highest BCUT2D eigenvalue weighted by molar-refractivity contribution is 5.92. The van der Waals surface area contributed by atoms with Gasteiger partial charge in [-0.25, -0.2) is 0 Å². The molecule has 12 nitrogen and oxygen atoms in total. The van der Waals surface area contributed by atoms with Crippen LogP contribution in [-0.2, 0) is 14.4 Å². The van der Waals surface area contributed by atoms with Gasteiger partial charge in [0.1, 0.15) is 16.6 Å². The van der Waals surface area contributed by atoms with Crippen LogP contribution in [0, 0.1) is 0 Å². The monoisotopic (exact) mass is 678 g/mol. The Bertz CT molecular complexity index is 1100. The number of nitrogens with zero attached hydrogens (tertiary/aromatic N) is 3. The van der Waals surface area contributed by atoms with E-state index < -0.39 is 67.7 Å². The molecule has 4 aliphatic rings. The summed E-state index contributed by atoms with van der Waals surface area (Å²) in [5, 5.41) is 23.6. The summed E-state index contributed by atoms with van der Waals surface area (Å²) in [5.74, 6) is -3.05. The Hall–Kier alpha value is -1.83. The number of carbonyl (C=O) groups is 3. The van der Waals surface area contributed by atoms with E-state index in [2.05, 4.69) is 4.90 Å². The molecule has 2 unspecified atom stereocenters. The summed E-state index contributed by atoms with van der Waals surface area (Å²) in [6, 6.07) is -0.543. The minimum absolute atomic E-state index is 0.170. The van der Waals surface area contributed by atoms with Crippen LogP contribution in [0.3, 0.4) is 0 Å². The van der Waals surface area contributed by atoms with Gasteiger partial charge in [0, 0.05) is 70.6 Å². The number of amides is 1. The lowest BCUT2D eigenvalue weighted by Gasteiger charge is -2.72. The first-order chi connectivity index (χ1) is 21.4. The van der Waals surface area contributed by atoms with E-state index in [1.165, 1.54) is 0 Å². The van der Waals surface area contributed by atoms with E-state index in [1.807, 2.05) is 92.9 Å². The second-order valence-electron chi connectivity index (χ2n) is 20.0. The van der Waals surface area contributed by atoms with E-state index in [0.29, 0.717) is 38.5 Å². The van der Waals surface area contributed by atoms with Crippen molar-refractivity contribution in [1.29, 1.82) is 0 Å². The predicted molar refractivity (Wildman–Crippen MR) is 188 cm³/mol. The minimum Gasteiger partial charge on any atom is -0.480 e. The molecule has 4 rings (SSSR count). The van der Waals surface area contributed by atoms with Crippen LogP contribution in [0.4, 0.5) is 0 Å². The molecule has 0 aromatic carbocycles. The lowest BCUT2D eigenvalue weighted by Crippen LogP contribution is -2.86. The second kappa shape index (κ2) is 11.3. The van der Waals surface area contributed by atoms with E-state index >= 15 is 0 Å².